The summed E-state index contributed by atoms with van der Waals surface area (Å²) in [6.45, 7) is 0. The first kappa shape index (κ1) is 26.5. The molecule has 0 aliphatic heterocycles. The summed E-state index contributed by atoms with van der Waals surface area (Å²) in [6.07, 6.45) is 0. The smallest absolute Gasteiger partial charge is 0 e. The summed E-state index contributed by atoms with van der Waals surface area (Å²) in [4.78, 5) is 0. The summed E-state index contributed by atoms with van der Waals surface area (Å²) < 4.78 is 0. The van der Waals surface area contributed by atoms with Gasteiger partial charge in [0.05, 0.1) is 0 Å². The molecule has 4 heteroatoms. The van der Waals surface area contributed by atoms with Crippen molar-refractivity contribution in [3.63, 3.8) is 0 Å². The first-order valence-corrected chi connectivity index (χ1v) is 0. The van der Waals surface area contributed by atoms with Gasteiger partial charge in [-0.25, -0.2) is 0 Å². The molecule has 0 N–H and O–H groups in total. The van der Waals surface area contributed by atoms with E-state index in [0.717, 1.165) is 0 Å². The van der Waals surface area contributed by atoms with E-state index in [2.05, 4.69) is 0 Å². The fraction of sp³-hybridized carbons (Fsp3) is 0. The van der Waals surface area contributed by atoms with Crippen LogP contribution in [0.15, 0.2) is 0 Å². The Labute approximate surface area is 99.7 Å². The zero-order chi connectivity index (χ0) is 0. The molecule has 0 rings (SSSR count). The SMILES string of the molecule is [Nd].[Pd].[Pd].[Pd]. The summed E-state index contributed by atoms with van der Waals surface area (Å²) in [5.74, 6) is 0. The Morgan fingerprint density at radius 2 is 0.500 bits per heavy atom. The molecule has 0 amide bonds. The molecule has 0 heterocycles. The Morgan fingerprint density at radius 1 is 0.500 bits per heavy atom. The van der Waals surface area contributed by atoms with E-state index in [9.17, 15) is 0 Å². The van der Waals surface area contributed by atoms with Crippen molar-refractivity contribution in [3.05, 3.63) is 0 Å². The summed E-state index contributed by atoms with van der Waals surface area (Å²) in [6, 6.07) is 0. The van der Waals surface area contributed by atoms with Crippen LogP contribution in [0.3, 0.4) is 0 Å². The van der Waals surface area contributed by atoms with Crippen molar-refractivity contribution in [3.8, 4) is 0 Å². The minimum absolute atomic E-state index is 0. The molecule has 0 aromatic carbocycles. The van der Waals surface area contributed by atoms with Crippen molar-refractivity contribution in [1.82, 2.24) is 0 Å². The van der Waals surface area contributed by atoms with Gasteiger partial charge >= 0.3 is 0 Å². The summed E-state index contributed by atoms with van der Waals surface area (Å²) in [5.41, 5.74) is 0. The first-order valence-electron chi connectivity index (χ1n) is 0. The standard InChI is InChI=1S/Nd.3Pd. The molecule has 0 saturated carbocycles. The number of rotatable bonds is 0. The van der Waals surface area contributed by atoms with Gasteiger partial charge in [-0.2, -0.15) is 0 Å². The van der Waals surface area contributed by atoms with Crippen LogP contribution in [-0.4, -0.2) is 0 Å². The average Bonchev–Trinajstić information content (AvgIpc) is 0. The maximum atomic E-state index is 0. The van der Waals surface area contributed by atoms with Crippen LogP contribution >= 0.6 is 0 Å². The van der Waals surface area contributed by atoms with Crippen LogP contribution in [0.1, 0.15) is 0 Å². The van der Waals surface area contributed by atoms with Crippen molar-refractivity contribution in [2.75, 3.05) is 0 Å². The third-order valence-corrected chi connectivity index (χ3v) is 0. The van der Waals surface area contributed by atoms with Crippen LogP contribution in [0, 0.1) is 40.8 Å². The van der Waals surface area contributed by atoms with Gasteiger partial charge in [-0.1, -0.05) is 0 Å². The minimum atomic E-state index is 0. The van der Waals surface area contributed by atoms with Crippen LogP contribution in [-0.2, 0) is 61.3 Å². The van der Waals surface area contributed by atoms with Crippen molar-refractivity contribution in [2.45, 2.75) is 0 Å². The topological polar surface area (TPSA) is 0 Å². The summed E-state index contributed by atoms with van der Waals surface area (Å²) in [5, 5.41) is 0. The molecule has 0 saturated heterocycles. The fourth-order valence-corrected chi connectivity index (χ4v) is 0. The number of hydrogen-bond acceptors (Lipinski definition) is 0. The predicted octanol–water partition coefficient (Wildman–Crippen LogP) is -0.00750. The van der Waals surface area contributed by atoms with E-state index in [-0.39, 0.29) is 102 Å². The Kier molecular flexibility index (Phi) is 107. The van der Waals surface area contributed by atoms with Crippen LogP contribution < -0.4 is 0 Å². The Morgan fingerprint density at radius 3 is 0.500 bits per heavy atom. The van der Waals surface area contributed by atoms with Gasteiger partial charge in [-0.05, 0) is 0 Å². The third-order valence-electron chi connectivity index (χ3n) is 0. The van der Waals surface area contributed by atoms with Gasteiger partial charge in [-0.15, -0.1) is 0 Å². The van der Waals surface area contributed by atoms with Gasteiger partial charge in [0.1, 0.15) is 0 Å². The second-order valence-electron chi connectivity index (χ2n) is 0. The van der Waals surface area contributed by atoms with Crippen molar-refractivity contribution >= 4 is 0 Å². The normalized spacial score (nSPS) is 0. The maximum absolute atomic E-state index is 0. The molecule has 0 unspecified atom stereocenters. The van der Waals surface area contributed by atoms with Crippen molar-refractivity contribution in [1.29, 1.82) is 0 Å². The zero-order valence-corrected chi connectivity index (χ0v) is 9.32. The average molecular weight is 464 g/mol. The van der Waals surface area contributed by atoms with Crippen LogP contribution in [0.25, 0.3) is 0 Å². The van der Waals surface area contributed by atoms with E-state index >= 15 is 0 Å². The monoisotopic (exact) mass is 460 g/mol. The molecule has 0 atom stereocenters. The van der Waals surface area contributed by atoms with E-state index in [0.29, 0.717) is 0 Å². The second-order valence-corrected chi connectivity index (χ2v) is 0. The largest absolute Gasteiger partial charge is 0 e. The zero-order valence-electron chi connectivity index (χ0n) is 1.45. The molecule has 0 fully saturated rings. The molecule has 4 heavy (non-hydrogen) atoms. The fourth-order valence-electron chi connectivity index (χ4n) is 0. The van der Waals surface area contributed by atoms with E-state index < -0.39 is 0 Å². The molecular weight excluding hydrogens is 464 g/mol. The Balaban J connectivity index is 0. The molecule has 0 aliphatic rings. The molecular formula is NdPd3. The second kappa shape index (κ2) is 16.2. The number of hydrogen-bond donors (Lipinski definition) is 0. The van der Waals surface area contributed by atoms with E-state index in [1.54, 1.807) is 0 Å². The van der Waals surface area contributed by atoms with Crippen LogP contribution in [0.4, 0.5) is 0 Å². The van der Waals surface area contributed by atoms with Crippen LogP contribution in [0.5, 0.6) is 0 Å². The minimum Gasteiger partial charge on any atom is 0 e. The van der Waals surface area contributed by atoms with Gasteiger partial charge in [0.25, 0.3) is 0 Å². The molecule has 0 aliphatic carbocycles. The van der Waals surface area contributed by atoms with Gasteiger partial charge < -0.3 is 0 Å². The molecule has 0 aromatic rings. The predicted molar refractivity (Wildman–Crippen MR) is 0 cm³/mol. The van der Waals surface area contributed by atoms with E-state index in [4.69, 9.17) is 0 Å². The van der Waals surface area contributed by atoms with E-state index in [1.165, 1.54) is 0 Å². The van der Waals surface area contributed by atoms with Gasteiger partial charge in [0.2, 0.25) is 0 Å². The quantitative estimate of drug-likeness (QED) is 0.444. The Bertz CT molecular complexity index is 3.25. The van der Waals surface area contributed by atoms with Crippen LogP contribution in [0.2, 0.25) is 0 Å². The van der Waals surface area contributed by atoms with Crippen molar-refractivity contribution in [2.24, 2.45) is 0 Å². The van der Waals surface area contributed by atoms with Gasteiger partial charge in [0.15, 0.2) is 0 Å². The molecule has 0 radical (unpaired) electrons. The first-order chi connectivity index (χ1) is 0. The third kappa shape index (κ3) is 9.02. The van der Waals surface area contributed by atoms with Gasteiger partial charge in [0, 0.05) is 102 Å². The van der Waals surface area contributed by atoms with Crippen molar-refractivity contribution < 1.29 is 102 Å². The molecule has 34 valence electrons. The Hall–Kier alpha value is 3.34. The molecule has 0 spiro atoms. The molecule has 0 bridgehead atoms. The molecule has 0 aromatic heterocycles. The van der Waals surface area contributed by atoms with E-state index in [1.807, 2.05) is 0 Å². The summed E-state index contributed by atoms with van der Waals surface area (Å²) in [7, 11) is 0. The van der Waals surface area contributed by atoms with Gasteiger partial charge in [-0.3, -0.25) is 0 Å². The maximum Gasteiger partial charge on any atom is 0 e. The molecule has 0 nitrogen and oxygen atoms in total. The summed E-state index contributed by atoms with van der Waals surface area (Å²) >= 11 is 0.